The van der Waals surface area contributed by atoms with Crippen LogP contribution in [0.5, 0.6) is 5.75 Å². The van der Waals surface area contributed by atoms with E-state index in [9.17, 15) is 20.0 Å². The standard InChI is InChI=1S/C18H12N4O3/c19-9-13(16-12-6-2-3-7-14(12)21-18(16)25)17(24)22-20-10-11-5-1-4-8-15(11)23/h1-8,10,23H,(H,21,25)(H,22,24)/b16-13-,20-10+. The van der Waals surface area contributed by atoms with Gasteiger partial charge in [-0.1, -0.05) is 30.3 Å². The Balaban J connectivity index is 1.87. The molecule has 122 valence electrons. The van der Waals surface area contributed by atoms with Crippen LogP contribution in [0.4, 0.5) is 5.69 Å². The van der Waals surface area contributed by atoms with Crippen molar-refractivity contribution in [3.8, 4) is 11.8 Å². The molecule has 2 aromatic carbocycles. The molecule has 0 fully saturated rings. The van der Waals surface area contributed by atoms with Crippen molar-refractivity contribution >= 4 is 29.3 Å². The second-order valence-electron chi connectivity index (χ2n) is 5.12. The van der Waals surface area contributed by atoms with E-state index in [1.807, 2.05) is 0 Å². The first kappa shape index (κ1) is 16.0. The van der Waals surface area contributed by atoms with Gasteiger partial charge in [0.15, 0.2) is 0 Å². The molecule has 7 nitrogen and oxygen atoms in total. The van der Waals surface area contributed by atoms with E-state index in [1.165, 1.54) is 12.3 Å². The molecule has 0 unspecified atom stereocenters. The van der Waals surface area contributed by atoms with Crippen LogP contribution in [0.2, 0.25) is 0 Å². The number of carbonyl (C=O) groups is 2. The number of hydrogen-bond donors (Lipinski definition) is 3. The van der Waals surface area contributed by atoms with Crippen molar-refractivity contribution in [3.05, 3.63) is 65.2 Å². The molecular formula is C18H12N4O3. The predicted octanol–water partition coefficient (Wildman–Crippen LogP) is 1.77. The number of anilines is 1. The number of aromatic hydroxyl groups is 1. The van der Waals surface area contributed by atoms with Crippen molar-refractivity contribution < 1.29 is 14.7 Å². The zero-order valence-corrected chi connectivity index (χ0v) is 12.9. The summed E-state index contributed by atoms with van der Waals surface area (Å²) in [4.78, 5) is 24.3. The molecular weight excluding hydrogens is 320 g/mol. The number of amides is 2. The highest BCUT2D eigenvalue weighted by atomic mass is 16.3. The summed E-state index contributed by atoms with van der Waals surface area (Å²) in [5, 5.41) is 25.3. The maximum atomic E-state index is 12.2. The van der Waals surface area contributed by atoms with Gasteiger partial charge in [-0.2, -0.15) is 10.4 Å². The monoisotopic (exact) mass is 332 g/mol. The van der Waals surface area contributed by atoms with Gasteiger partial charge in [-0.25, -0.2) is 5.43 Å². The van der Waals surface area contributed by atoms with E-state index in [4.69, 9.17) is 0 Å². The first-order valence-corrected chi connectivity index (χ1v) is 7.28. The summed E-state index contributed by atoms with van der Waals surface area (Å²) < 4.78 is 0. The average Bonchev–Trinajstić information content (AvgIpc) is 2.94. The molecule has 1 heterocycles. The minimum Gasteiger partial charge on any atom is -0.507 e. The van der Waals surface area contributed by atoms with Crippen LogP contribution in [0.3, 0.4) is 0 Å². The van der Waals surface area contributed by atoms with Crippen molar-refractivity contribution in [2.45, 2.75) is 0 Å². The number of rotatable bonds is 3. The topological polar surface area (TPSA) is 115 Å². The molecule has 25 heavy (non-hydrogen) atoms. The largest absolute Gasteiger partial charge is 0.507 e. The molecule has 2 aromatic rings. The minimum absolute atomic E-state index is 0.00320. The molecule has 1 aliphatic heterocycles. The van der Waals surface area contributed by atoms with E-state index in [1.54, 1.807) is 48.5 Å². The average molecular weight is 332 g/mol. The number of nitrogens with one attached hydrogen (secondary N) is 2. The third-order valence-corrected chi connectivity index (χ3v) is 3.57. The summed E-state index contributed by atoms with van der Waals surface area (Å²) >= 11 is 0. The Kier molecular flexibility index (Phi) is 4.26. The third kappa shape index (κ3) is 3.09. The lowest BCUT2D eigenvalue weighted by Gasteiger charge is -2.02. The van der Waals surface area contributed by atoms with Gasteiger partial charge >= 0.3 is 0 Å². The van der Waals surface area contributed by atoms with E-state index in [0.29, 0.717) is 16.8 Å². The Morgan fingerprint density at radius 3 is 2.68 bits per heavy atom. The molecule has 0 saturated heterocycles. The van der Waals surface area contributed by atoms with Gasteiger partial charge in [-0.15, -0.1) is 0 Å². The lowest BCUT2D eigenvalue weighted by molar-refractivity contribution is -0.117. The third-order valence-electron chi connectivity index (χ3n) is 3.57. The SMILES string of the molecule is N#C/C(C(=O)N/N=C/c1ccccc1O)=C1/C(=O)Nc2ccccc21. The Bertz CT molecular complexity index is 970. The molecule has 2 amide bonds. The summed E-state index contributed by atoms with van der Waals surface area (Å²) in [5.74, 6) is -1.32. The fraction of sp³-hybridized carbons (Fsp3) is 0. The zero-order chi connectivity index (χ0) is 17.8. The van der Waals surface area contributed by atoms with Crippen LogP contribution in [0.25, 0.3) is 5.57 Å². The maximum absolute atomic E-state index is 12.2. The highest BCUT2D eigenvalue weighted by Gasteiger charge is 2.29. The highest BCUT2D eigenvalue weighted by Crippen LogP contribution is 2.33. The summed E-state index contributed by atoms with van der Waals surface area (Å²) in [6.45, 7) is 0. The van der Waals surface area contributed by atoms with Crippen LogP contribution >= 0.6 is 0 Å². The van der Waals surface area contributed by atoms with Crippen molar-refractivity contribution in [1.82, 2.24) is 5.43 Å². The zero-order valence-electron chi connectivity index (χ0n) is 12.9. The Morgan fingerprint density at radius 2 is 1.92 bits per heavy atom. The van der Waals surface area contributed by atoms with Crippen LogP contribution in [-0.4, -0.2) is 23.1 Å². The molecule has 0 spiro atoms. The normalized spacial score (nSPS) is 14.6. The second kappa shape index (κ2) is 6.68. The van der Waals surface area contributed by atoms with Gasteiger partial charge in [0, 0.05) is 16.8 Å². The van der Waals surface area contributed by atoms with E-state index in [-0.39, 0.29) is 16.9 Å². The number of carbonyl (C=O) groups excluding carboxylic acids is 2. The Labute approximate surface area is 142 Å². The fourth-order valence-electron chi connectivity index (χ4n) is 2.40. The van der Waals surface area contributed by atoms with Gasteiger partial charge in [0.25, 0.3) is 11.8 Å². The highest BCUT2D eigenvalue weighted by molar-refractivity contribution is 6.36. The van der Waals surface area contributed by atoms with Gasteiger partial charge in [0.2, 0.25) is 0 Å². The van der Waals surface area contributed by atoms with Crippen LogP contribution in [0, 0.1) is 11.3 Å². The van der Waals surface area contributed by atoms with E-state index in [0.717, 1.165) is 0 Å². The summed E-state index contributed by atoms with van der Waals surface area (Å²) in [5.41, 5.74) is 3.30. The number of hydrogen-bond acceptors (Lipinski definition) is 5. The molecule has 0 saturated carbocycles. The molecule has 0 bridgehead atoms. The second-order valence-corrected chi connectivity index (χ2v) is 5.12. The first-order chi connectivity index (χ1) is 12.1. The number of fused-ring (bicyclic) bond motifs is 1. The molecule has 0 aromatic heterocycles. The van der Waals surface area contributed by atoms with Gasteiger partial charge in [-0.05, 0) is 18.2 Å². The van der Waals surface area contributed by atoms with Gasteiger partial charge in [0.1, 0.15) is 17.4 Å². The number of nitrogens with zero attached hydrogens (tertiary/aromatic N) is 2. The summed E-state index contributed by atoms with van der Waals surface area (Å²) in [7, 11) is 0. The van der Waals surface area contributed by atoms with Crippen LogP contribution in [0.1, 0.15) is 11.1 Å². The van der Waals surface area contributed by atoms with E-state index in [2.05, 4.69) is 15.8 Å². The van der Waals surface area contributed by atoms with Crippen LogP contribution in [0.15, 0.2) is 59.2 Å². The van der Waals surface area contributed by atoms with Crippen LogP contribution in [-0.2, 0) is 9.59 Å². The van der Waals surface area contributed by atoms with Crippen LogP contribution < -0.4 is 10.7 Å². The smallest absolute Gasteiger partial charge is 0.282 e. The number of phenols is 1. The van der Waals surface area contributed by atoms with E-state index >= 15 is 0 Å². The van der Waals surface area contributed by atoms with Crippen molar-refractivity contribution in [3.63, 3.8) is 0 Å². The molecule has 0 aliphatic carbocycles. The summed E-state index contributed by atoms with van der Waals surface area (Å²) in [6.07, 6.45) is 1.25. The Morgan fingerprint density at radius 1 is 1.20 bits per heavy atom. The lowest BCUT2D eigenvalue weighted by Crippen LogP contribution is -2.21. The molecule has 7 heteroatoms. The minimum atomic E-state index is -0.809. The maximum Gasteiger partial charge on any atom is 0.282 e. The number of nitriles is 1. The van der Waals surface area contributed by atoms with Crippen molar-refractivity contribution in [2.24, 2.45) is 5.10 Å². The summed E-state index contributed by atoms with van der Waals surface area (Å²) in [6, 6.07) is 15.0. The Hall–Kier alpha value is -3.92. The van der Waals surface area contributed by atoms with Gasteiger partial charge in [-0.3, -0.25) is 9.59 Å². The predicted molar refractivity (Wildman–Crippen MR) is 91.4 cm³/mol. The van der Waals surface area contributed by atoms with Crippen molar-refractivity contribution in [2.75, 3.05) is 5.32 Å². The number of hydrazone groups is 1. The molecule has 1 aliphatic rings. The van der Waals surface area contributed by atoms with Crippen molar-refractivity contribution in [1.29, 1.82) is 5.26 Å². The number of benzene rings is 2. The molecule has 3 rings (SSSR count). The first-order valence-electron chi connectivity index (χ1n) is 7.28. The number of para-hydroxylation sites is 2. The quantitative estimate of drug-likeness (QED) is 0.344. The number of phenolic OH excluding ortho intramolecular Hbond substituents is 1. The fourth-order valence-corrected chi connectivity index (χ4v) is 2.40. The van der Waals surface area contributed by atoms with E-state index < -0.39 is 11.8 Å². The molecule has 3 N–H and O–H groups in total. The lowest BCUT2D eigenvalue weighted by atomic mass is 10.0. The molecule has 0 radical (unpaired) electrons. The van der Waals surface area contributed by atoms with Gasteiger partial charge in [0.05, 0.1) is 11.8 Å². The van der Waals surface area contributed by atoms with Gasteiger partial charge < -0.3 is 10.4 Å². The molecule has 0 atom stereocenters.